The van der Waals surface area contributed by atoms with E-state index in [0.717, 1.165) is 21.9 Å². The first-order valence-corrected chi connectivity index (χ1v) is 5.21. The standard InChI is InChI=1S/C9H11N3OS/c1-3-7-11-9(13-12-7)6-4-5(2)14-8(6)10/h4H,3,10H2,1-2H3. The average Bonchev–Trinajstić information content (AvgIpc) is 2.71. The van der Waals surface area contributed by atoms with Crippen molar-refractivity contribution in [3.05, 3.63) is 16.8 Å². The van der Waals surface area contributed by atoms with Crippen LogP contribution in [0.2, 0.25) is 0 Å². The molecule has 2 N–H and O–H groups in total. The van der Waals surface area contributed by atoms with Crippen LogP contribution in [0.1, 0.15) is 17.6 Å². The van der Waals surface area contributed by atoms with Gasteiger partial charge in [-0.05, 0) is 13.0 Å². The van der Waals surface area contributed by atoms with Crippen LogP contribution in [0.5, 0.6) is 0 Å². The minimum absolute atomic E-state index is 0.517. The first-order valence-electron chi connectivity index (χ1n) is 4.39. The van der Waals surface area contributed by atoms with Crippen molar-refractivity contribution in [2.75, 3.05) is 5.73 Å². The zero-order valence-electron chi connectivity index (χ0n) is 8.07. The van der Waals surface area contributed by atoms with Crippen LogP contribution >= 0.6 is 11.3 Å². The molecule has 5 heteroatoms. The Morgan fingerprint density at radius 1 is 1.57 bits per heavy atom. The molecule has 0 spiro atoms. The van der Waals surface area contributed by atoms with Gasteiger partial charge in [0, 0.05) is 11.3 Å². The first kappa shape index (κ1) is 9.21. The molecule has 0 fully saturated rings. The summed E-state index contributed by atoms with van der Waals surface area (Å²) in [5.41, 5.74) is 6.66. The molecule has 0 atom stereocenters. The molecule has 0 amide bonds. The quantitative estimate of drug-likeness (QED) is 0.823. The van der Waals surface area contributed by atoms with Gasteiger partial charge < -0.3 is 10.3 Å². The Morgan fingerprint density at radius 3 is 2.86 bits per heavy atom. The SMILES string of the molecule is CCc1noc(-c2cc(C)sc2N)n1. The van der Waals surface area contributed by atoms with Crippen LogP contribution in [-0.4, -0.2) is 10.1 Å². The van der Waals surface area contributed by atoms with Gasteiger partial charge in [-0.15, -0.1) is 11.3 Å². The van der Waals surface area contributed by atoms with Gasteiger partial charge in [0.05, 0.1) is 10.6 Å². The van der Waals surface area contributed by atoms with Crippen LogP contribution in [0.3, 0.4) is 0 Å². The minimum atomic E-state index is 0.517. The Balaban J connectivity index is 2.43. The molecular weight excluding hydrogens is 198 g/mol. The number of anilines is 1. The van der Waals surface area contributed by atoms with Crippen molar-refractivity contribution in [1.29, 1.82) is 0 Å². The molecule has 4 nitrogen and oxygen atoms in total. The van der Waals surface area contributed by atoms with E-state index in [1.807, 2.05) is 19.9 Å². The molecule has 0 aromatic carbocycles. The number of nitrogens with zero attached hydrogens (tertiary/aromatic N) is 2. The van der Waals surface area contributed by atoms with E-state index in [4.69, 9.17) is 10.3 Å². The third-order valence-corrected chi connectivity index (χ3v) is 2.78. The largest absolute Gasteiger partial charge is 0.390 e. The highest BCUT2D eigenvalue weighted by Gasteiger charge is 2.13. The lowest BCUT2D eigenvalue weighted by Gasteiger charge is -1.88. The molecule has 0 aliphatic heterocycles. The summed E-state index contributed by atoms with van der Waals surface area (Å²) >= 11 is 1.53. The molecule has 0 saturated heterocycles. The number of rotatable bonds is 2. The molecule has 0 saturated carbocycles. The molecule has 0 bridgehead atoms. The molecular formula is C9H11N3OS. The summed E-state index contributed by atoms with van der Waals surface area (Å²) in [4.78, 5) is 5.37. The van der Waals surface area contributed by atoms with Gasteiger partial charge in [-0.3, -0.25) is 0 Å². The first-order chi connectivity index (χ1) is 6.70. The number of nitrogen functional groups attached to an aromatic ring is 1. The number of aromatic nitrogens is 2. The van der Waals surface area contributed by atoms with Crippen molar-refractivity contribution in [3.8, 4) is 11.5 Å². The van der Waals surface area contributed by atoms with Gasteiger partial charge in [-0.1, -0.05) is 12.1 Å². The van der Waals surface area contributed by atoms with E-state index in [1.165, 1.54) is 11.3 Å². The smallest absolute Gasteiger partial charge is 0.260 e. The van der Waals surface area contributed by atoms with E-state index in [0.29, 0.717) is 11.7 Å². The van der Waals surface area contributed by atoms with E-state index < -0.39 is 0 Å². The fourth-order valence-corrected chi connectivity index (χ4v) is 1.99. The Labute approximate surface area is 85.7 Å². The Morgan fingerprint density at radius 2 is 2.36 bits per heavy atom. The molecule has 2 aromatic heterocycles. The molecule has 2 aromatic rings. The number of hydrogen-bond acceptors (Lipinski definition) is 5. The van der Waals surface area contributed by atoms with Crippen molar-refractivity contribution in [2.45, 2.75) is 20.3 Å². The van der Waals surface area contributed by atoms with Crippen LogP contribution in [0.25, 0.3) is 11.5 Å². The molecule has 74 valence electrons. The van der Waals surface area contributed by atoms with Crippen molar-refractivity contribution < 1.29 is 4.52 Å². The van der Waals surface area contributed by atoms with Crippen molar-refractivity contribution in [2.24, 2.45) is 0 Å². The molecule has 14 heavy (non-hydrogen) atoms. The lowest BCUT2D eigenvalue weighted by molar-refractivity contribution is 0.423. The number of nitrogens with two attached hydrogens (primary N) is 1. The van der Waals surface area contributed by atoms with Gasteiger partial charge in [-0.2, -0.15) is 4.98 Å². The Kier molecular flexibility index (Phi) is 2.25. The second-order valence-electron chi connectivity index (χ2n) is 3.00. The number of hydrogen-bond donors (Lipinski definition) is 1. The van der Waals surface area contributed by atoms with Crippen LogP contribution in [0, 0.1) is 6.92 Å². The van der Waals surface area contributed by atoms with E-state index >= 15 is 0 Å². The van der Waals surface area contributed by atoms with Gasteiger partial charge in [-0.25, -0.2) is 0 Å². The van der Waals surface area contributed by atoms with Gasteiger partial charge in [0.2, 0.25) is 0 Å². The highest BCUT2D eigenvalue weighted by molar-refractivity contribution is 7.16. The zero-order valence-corrected chi connectivity index (χ0v) is 8.89. The summed E-state index contributed by atoms with van der Waals surface area (Å²) in [7, 11) is 0. The van der Waals surface area contributed by atoms with Crippen LogP contribution in [0.4, 0.5) is 5.00 Å². The van der Waals surface area contributed by atoms with E-state index in [9.17, 15) is 0 Å². The fourth-order valence-electron chi connectivity index (χ4n) is 1.21. The molecule has 2 heterocycles. The molecule has 0 radical (unpaired) electrons. The highest BCUT2D eigenvalue weighted by atomic mass is 32.1. The van der Waals surface area contributed by atoms with Gasteiger partial charge in [0.25, 0.3) is 5.89 Å². The third kappa shape index (κ3) is 1.50. The molecule has 2 rings (SSSR count). The lowest BCUT2D eigenvalue weighted by atomic mass is 10.3. The van der Waals surface area contributed by atoms with Crippen LogP contribution in [0.15, 0.2) is 10.6 Å². The van der Waals surface area contributed by atoms with E-state index in [-0.39, 0.29) is 0 Å². The van der Waals surface area contributed by atoms with E-state index in [2.05, 4.69) is 10.1 Å². The monoisotopic (exact) mass is 209 g/mol. The summed E-state index contributed by atoms with van der Waals surface area (Å²) in [6, 6.07) is 1.97. The Hall–Kier alpha value is -1.36. The van der Waals surface area contributed by atoms with Crippen molar-refractivity contribution in [3.63, 3.8) is 0 Å². The second-order valence-corrected chi connectivity index (χ2v) is 4.29. The summed E-state index contributed by atoms with van der Waals surface area (Å²) in [6.07, 6.45) is 0.770. The predicted molar refractivity (Wildman–Crippen MR) is 56.1 cm³/mol. The summed E-state index contributed by atoms with van der Waals surface area (Å²) in [6.45, 7) is 3.98. The summed E-state index contributed by atoms with van der Waals surface area (Å²) < 4.78 is 5.10. The normalized spacial score (nSPS) is 10.7. The van der Waals surface area contributed by atoms with Crippen molar-refractivity contribution in [1.82, 2.24) is 10.1 Å². The number of aryl methyl sites for hydroxylation is 2. The summed E-state index contributed by atoms with van der Waals surface area (Å²) in [5, 5.41) is 4.55. The van der Waals surface area contributed by atoms with Gasteiger partial charge in [0.15, 0.2) is 5.82 Å². The molecule has 0 unspecified atom stereocenters. The molecule has 0 aliphatic carbocycles. The zero-order chi connectivity index (χ0) is 10.1. The van der Waals surface area contributed by atoms with Gasteiger partial charge in [0.1, 0.15) is 0 Å². The average molecular weight is 209 g/mol. The maximum Gasteiger partial charge on any atom is 0.260 e. The third-order valence-electron chi connectivity index (χ3n) is 1.90. The maximum absolute atomic E-state index is 5.81. The van der Waals surface area contributed by atoms with Gasteiger partial charge >= 0.3 is 0 Å². The number of thiophene rings is 1. The topological polar surface area (TPSA) is 64.9 Å². The van der Waals surface area contributed by atoms with Crippen LogP contribution < -0.4 is 5.73 Å². The minimum Gasteiger partial charge on any atom is -0.390 e. The van der Waals surface area contributed by atoms with E-state index in [1.54, 1.807) is 0 Å². The summed E-state index contributed by atoms with van der Waals surface area (Å²) in [5.74, 6) is 1.23. The second kappa shape index (κ2) is 3.42. The predicted octanol–water partition coefficient (Wildman–Crippen LogP) is 2.25. The molecule has 0 aliphatic rings. The Bertz CT molecular complexity index is 447. The van der Waals surface area contributed by atoms with Crippen molar-refractivity contribution >= 4 is 16.3 Å². The lowest BCUT2D eigenvalue weighted by Crippen LogP contribution is -1.84. The van der Waals surface area contributed by atoms with Crippen LogP contribution in [-0.2, 0) is 6.42 Å². The highest BCUT2D eigenvalue weighted by Crippen LogP contribution is 2.32. The fraction of sp³-hybridized carbons (Fsp3) is 0.333. The maximum atomic E-state index is 5.81.